The first kappa shape index (κ1) is 48.6. The molecule has 8 amide bonds. The number of carbonyl (C=O) groups is 8. The predicted octanol–water partition coefficient (Wildman–Crippen LogP) is -2.42. The molecule has 15 N–H and O–H groups in total. The molecule has 0 saturated carbocycles. The van der Waals surface area contributed by atoms with Crippen LogP contribution in [-0.4, -0.2) is 109 Å². The Balaban J connectivity index is 2.60. The van der Waals surface area contributed by atoms with Gasteiger partial charge in [-0.3, -0.25) is 43.3 Å². The van der Waals surface area contributed by atoms with Gasteiger partial charge in [-0.2, -0.15) is 0 Å². The Labute approximate surface area is 342 Å². The fourth-order valence-corrected chi connectivity index (χ4v) is 6.24. The summed E-state index contributed by atoms with van der Waals surface area (Å²) in [5.41, 5.74) is 22.8. The van der Waals surface area contributed by atoms with Crippen molar-refractivity contribution in [3.63, 3.8) is 0 Å². The third-order valence-electron chi connectivity index (χ3n) is 9.12. The van der Waals surface area contributed by atoms with E-state index in [1.807, 2.05) is 6.92 Å². The average molecular weight is 835 g/mol. The lowest BCUT2D eigenvalue weighted by molar-refractivity contribution is -0.135. The van der Waals surface area contributed by atoms with Crippen molar-refractivity contribution < 1.29 is 38.4 Å². The molecule has 0 aliphatic carbocycles. The maximum absolute atomic E-state index is 14.1. The zero-order valence-corrected chi connectivity index (χ0v) is 33.8. The highest BCUT2D eigenvalue weighted by atomic mass is 35.5. The standard InChI is InChI=1S/C37H59ClN12O8/c1-3-4-10-25(45-21(2)51)32(54)49-28-13-14-30(52)43-18-15-24(31(40)53)46-33(55)27(12-7-17-44-37(41)42)48-36(58)29(20-22-8-5-9-23(38)19-22)50-34(56)26(11-6-16-39)47-35(28)57/h5,8-9,19,24-29H,3-4,6-7,10-18,20,39H2,1-2H3,(H2,40,53)(H,43,52)(H,45,51)(H,46,55)(H,47,57)(H,48,58)(H,49,54)(H,50,56)(H4,41,42,44). The first-order valence-electron chi connectivity index (χ1n) is 19.4. The van der Waals surface area contributed by atoms with Crippen LogP contribution in [0.25, 0.3) is 0 Å². The van der Waals surface area contributed by atoms with Gasteiger partial charge in [0.25, 0.3) is 0 Å². The summed E-state index contributed by atoms with van der Waals surface area (Å²) in [5, 5.41) is 18.7. The number of amides is 8. The summed E-state index contributed by atoms with van der Waals surface area (Å²) in [6.45, 7) is 3.29. The van der Waals surface area contributed by atoms with Gasteiger partial charge in [0.05, 0.1) is 0 Å². The van der Waals surface area contributed by atoms with E-state index in [0.29, 0.717) is 17.0 Å². The topological polar surface area (TPSA) is 337 Å². The number of unbranched alkanes of at least 4 members (excludes halogenated alkanes) is 1. The van der Waals surface area contributed by atoms with Gasteiger partial charge in [0.15, 0.2) is 5.96 Å². The summed E-state index contributed by atoms with van der Waals surface area (Å²) < 4.78 is 0. The van der Waals surface area contributed by atoms with Gasteiger partial charge in [-0.1, -0.05) is 43.5 Å². The van der Waals surface area contributed by atoms with Crippen LogP contribution in [0.15, 0.2) is 29.3 Å². The van der Waals surface area contributed by atoms with Crippen LogP contribution in [0, 0.1) is 0 Å². The van der Waals surface area contributed by atoms with E-state index in [0.717, 1.165) is 6.42 Å². The highest BCUT2D eigenvalue weighted by molar-refractivity contribution is 6.30. The number of aliphatic imine (C=N–C) groups is 1. The Hall–Kier alpha value is -5.50. The van der Waals surface area contributed by atoms with E-state index in [-0.39, 0.29) is 83.4 Å². The molecule has 0 spiro atoms. The van der Waals surface area contributed by atoms with E-state index in [4.69, 9.17) is 34.5 Å². The second-order valence-electron chi connectivity index (χ2n) is 14.0. The molecule has 1 aliphatic rings. The van der Waals surface area contributed by atoms with Gasteiger partial charge < -0.3 is 60.2 Å². The van der Waals surface area contributed by atoms with Crippen LogP contribution in [0.4, 0.5) is 0 Å². The summed E-state index contributed by atoms with van der Waals surface area (Å²) in [6.07, 6.45) is 1.35. The second-order valence-corrected chi connectivity index (χ2v) is 14.4. The molecule has 1 aromatic rings. The second kappa shape index (κ2) is 25.7. The van der Waals surface area contributed by atoms with Crippen LogP contribution in [0.1, 0.15) is 83.6 Å². The molecule has 58 heavy (non-hydrogen) atoms. The number of rotatable bonds is 16. The number of hydrogen-bond donors (Lipinski definition) is 11. The number of nitrogens with two attached hydrogens (primary N) is 4. The van der Waals surface area contributed by atoms with Crippen molar-refractivity contribution >= 4 is 64.8 Å². The SMILES string of the molecule is CCCCC(NC(C)=O)C(=O)NC1CCC(=O)NCCC(C(N)=O)NC(=O)C(CCCN=C(N)N)NC(=O)C(Cc2cccc(Cl)c2)NC(=O)C(CCCN)NC1=O. The molecule has 1 aliphatic heterocycles. The molecule has 0 radical (unpaired) electrons. The molecule has 2 rings (SSSR count). The first-order chi connectivity index (χ1) is 27.5. The molecular weight excluding hydrogens is 776 g/mol. The van der Waals surface area contributed by atoms with Gasteiger partial charge in [-0.25, -0.2) is 0 Å². The third kappa shape index (κ3) is 18.2. The normalized spacial score (nSPS) is 21.9. The zero-order valence-electron chi connectivity index (χ0n) is 33.1. The molecule has 6 atom stereocenters. The van der Waals surface area contributed by atoms with E-state index >= 15 is 0 Å². The van der Waals surface area contributed by atoms with Gasteiger partial charge in [-0.05, 0) is 69.2 Å². The molecule has 322 valence electrons. The monoisotopic (exact) mass is 834 g/mol. The van der Waals surface area contributed by atoms with Gasteiger partial charge in [0.1, 0.15) is 36.3 Å². The lowest BCUT2D eigenvalue weighted by Crippen LogP contribution is -2.60. The molecule has 20 nitrogen and oxygen atoms in total. The average Bonchev–Trinajstić information content (AvgIpc) is 3.15. The van der Waals surface area contributed by atoms with Gasteiger partial charge in [0.2, 0.25) is 47.3 Å². The number of carbonyl (C=O) groups excluding carboxylic acids is 8. The molecule has 21 heteroatoms. The molecular formula is C37H59ClN12O8. The number of nitrogens with one attached hydrogen (secondary N) is 7. The number of primary amides is 1. The number of guanidine groups is 1. The molecule has 0 aromatic heterocycles. The van der Waals surface area contributed by atoms with E-state index in [1.54, 1.807) is 24.3 Å². The number of nitrogens with zero attached hydrogens (tertiary/aromatic N) is 1. The van der Waals surface area contributed by atoms with Crippen LogP contribution < -0.4 is 60.2 Å². The van der Waals surface area contributed by atoms with Crippen molar-refractivity contribution in [3.05, 3.63) is 34.9 Å². The smallest absolute Gasteiger partial charge is 0.243 e. The third-order valence-corrected chi connectivity index (χ3v) is 9.35. The highest BCUT2D eigenvalue weighted by Crippen LogP contribution is 2.14. The molecule has 1 fully saturated rings. The van der Waals surface area contributed by atoms with Crippen molar-refractivity contribution in [2.75, 3.05) is 19.6 Å². The summed E-state index contributed by atoms with van der Waals surface area (Å²) in [7, 11) is 0. The Bertz CT molecular complexity index is 1630. The molecule has 6 unspecified atom stereocenters. The van der Waals surface area contributed by atoms with Crippen LogP contribution in [0.3, 0.4) is 0 Å². The van der Waals surface area contributed by atoms with E-state index < -0.39 is 83.5 Å². The van der Waals surface area contributed by atoms with Gasteiger partial charge >= 0.3 is 0 Å². The maximum Gasteiger partial charge on any atom is 0.243 e. The first-order valence-corrected chi connectivity index (χ1v) is 19.8. The Morgan fingerprint density at radius 2 is 1.52 bits per heavy atom. The fourth-order valence-electron chi connectivity index (χ4n) is 6.03. The lowest BCUT2D eigenvalue weighted by atomic mass is 10.0. The molecule has 1 heterocycles. The molecule has 1 saturated heterocycles. The minimum Gasteiger partial charge on any atom is -0.370 e. The molecule has 0 bridgehead atoms. The number of halogens is 1. The Kier molecular flexibility index (Phi) is 21.5. The predicted molar refractivity (Wildman–Crippen MR) is 216 cm³/mol. The van der Waals surface area contributed by atoms with Crippen LogP contribution in [0.2, 0.25) is 5.02 Å². The summed E-state index contributed by atoms with van der Waals surface area (Å²) >= 11 is 6.23. The largest absolute Gasteiger partial charge is 0.370 e. The van der Waals surface area contributed by atoms with E-state index in [2.05, 4.69) is 42.2 Å². The van der Waals surface area contributed by atoms with Crippen molar-refractivity contribution in [3.8, 4) is 0 Å². The van der Waals surface area contributed by atoms with Crippen LogP contribution >= 0.6 is 11.6 Å². The lowest BCUT2D eigenvalue weighted by Gasteiger charge is -2.27. The molecule has 1 aromatic carbocycles. The number of benzene rings is 1. The van der Waals surface area contributed by atoms with Gasteiger partial charge in [-0.15, -0.1) is 0 Å². The maximum atomic E-state index is 14.1. The van der Waals surface area contributed by atoms with Crippen molar-refractivity contribution in [2.45, 2.75) is 121 Å². The minimum atomic E-state index is -1.35. The zero-order chi connectivity index (χ0) is 43.2. The summed E-state index contributed by atoms with van der Waals surface area (Å²) in [6, 6.07) is -0.925. The van der Waals surface area contributed by atoms with Crippen molar-refractivity contribution in [2.24, 2.45) is 27.9 Å². The van der Waals surface area contributed by atoms with Crippen LogP contribution in [-0.2, 0) is 44.8 Å². The highest BCUT2D eigenvalue weighted by Gasteiger charge is 2.33. The number of hydrogen-bond acceptors (Lipinski definition) is 10. The van der Waals surface area contributed by atoms with Crippen LogP contribution in [0.5, 0.6) is 0 Å². The fraction of sp³-hybridized carbons (Fsp3) is 0.595. The minimum absolute atomic E-state index is 0.00205. The van der Waals surface area contributed by atoms with E-state index in [1.165, 1.54) is 6.92 Å². The Morgan fingerprint density at radius 3 is 2.14 bits per heavy atom. The van der Waals surface area contributed by atoms with Crippen molar-refractivity contribution in [1.29, 1.82) is 0 Å². The quantitative estimate of drug-likeness (QED) is 0.0473. The Morgan fingerprint density at radius 1 is 0.879 bits per heavy atom. The van der Waals surface area contributed by atoms with E-state index in [9.17, 15) is 38.4 Å². The summed E-state index contributed by atoms with van der Waals surface area (Å²) in [4.78, 5) is 110. The van der Waals surface area contributed by atoms with Gasteiger partial charge in [0, 0.05) is 37.9 Å². The van der Waals surface area contributed by atoms with Crippen molar-refractivity contribution in [1.82, 2.24) is 37.2 Å². The summed E-state index contributed by atoms with van der Waals surface area (Å²) in [5.74, 6) is -5.95.